The SMILES string of the molecule is CC(C)Oc1ccc(C(=O)NC(=S)Nc2ccc(N3CCN(Cc4ccccc4)CC3)cc2)cc1. The van der Waals surface area contributed by atoms with Crippen LogP contribution in [0.3, 0.4) is 0 Å². The van der Waals surface area contributed by atoms with E-state index in [9.17, 15) is 4.79 Å². The van der Waals surface area contributed by atoms with Crippen LogP contribution in [0.2, 0.25) is 0 Å². The van der Waals surface area contributed by atoms with Crippen molar-refractivity contribution in [2.75, 3.05) is 36.4 Å². The van der Waals surface area contributed by atoms with Gasteiger partial charge in [0.1, 0.15) is 5.75 Å². The zero-order valence-corrected chi connectivity index (χ0v) is 21.1. The van der Waals surface area contributed by atoms with E-state index >= 15 is 0 Å². The number of anilines is 2. The lowest BCUT2D eigenvalue weighted by atomic mass is 10.2. The lowest BCUT2D eigenvalue weighted by Crippen LogP contribution is -2.45. The van der Waals surface area contributed by atoms with Gasteiger partial charge in [-0.25, -0.2) is 0 Å². The minimum Gasteiger partial charge on any atom is -0.491 e. The van der Waals surface area contributed by atoms with Gasteiger partial charge >= 0.3 is 0 Å². The van der Waals surface area contributed by atoms with Crippen LogP contribution >= 0.6 is 12.2 Å². The molecule has 0 atom stereocenters. The largest absolute Gasteiger partial charge is 0.491 e. The number of benzene rings is 3. The molecule has 3 aromatic rings. The molecule has 4 rings (SSSR count). The van der Waals surface area contributed by atoms with E-state index in [2.05, 4.69) is 62.9 Å². The maximum absolute atomic E-state index is 12.5. The Balaban J connectivity index is 1.24. The third-order valence-corrected chi connectivity index (χ3v) is 6.03. The lowest BCUT2D eigenvalue weighted by Gasteiger charge is -2.36. The minimum absolute atomic E-state index is 0.0853. The summed E-state index contributed by atoms with van der Waals surface area (Å²) in [6.07, 6.45) is 0.0853. The average Bonchev–Trinajstić information content (AvgIpc) is 2.86. The smallest absolute Gasteiger partial charge is 0.257 e. The van der Waals surface area contributed by atoms with Gasteiger partial charge in [0.25, 0.3) is 5.91 Å². The van der Waals surface area contributed by atoms with Gasteiger partial charge in [0, 0.05) is 49.7 Å². The fourth-order valence-electron chi connectivity index (χ4n) is 4.06. The quantitative estimate of drug-likeness (QED) is 0.461. The van der Waals surface area contributed by atoms with Gasteiger partial charge in [-0.1, -0.05) is 30.3 Å². The lowest BCUT2D eigenvalue weighted by molar-refractivity contribution is 0.0977. The molecule has 7 heteroatoms. The highest BCUT2D eigenvalue weighted by atomic mass is 32.1. The summed E-state index contributed by atoms with van der Waals surface area (Å²) in [5, 5.41) is 6.09. The third-order valence-electron chi connectivity index (χ3n) is 5.83. The van der Waals surface area contributed by atoms with Crippen molar-refractivity contribution in [2.24, 2.45) is 0 Å². The van der Waals surface area contributed by atoms with Crippen molar-refractivity contribution in [1.29, 1.82) is 0 Å². The highest BCUT2D eigenvalue weighted by Gasteiger charge is 2.17. The minimum atomic E-state index is -0.261. The van der Waals surface area contributed by atoms with Gasteiger partial charge in [0.2, 0.25) is 0 Å². The van der Waals surface area contributed by atoms with Crippen molar-refractivity contribution in [2.45, 2.75) is 26.5 Å². The van der Waals surface area contributed by atoms with Gasteiger partial charge in [-0.15, -0.1) is 0 Å². The Hall–Kier alpha value is -3.42. The highest BCUT2D eigenvalue weighted by Crippen LogP contribution is 2.20. The molecule has 2 N–H and O–H groups in total. The van der Waals surface area contributed by atoms with E-state index in [1.807, 2.05) is 26.0 Å². The maximum Gasteiger partial charge on any atom is 0.257 e. The number of thiocarbonyl (C=S) groups is 1. The van der Waals surface area contributed by atoms with E-state index in [4.69, 9.17) is 17.0 Å². The molecule has 35 heavy (non-hydrogen) atoms. The molecular formula is C28H32N4O2S. The number of hydrogen-bond donors (Lipinski definition) is 2. The zero-order valence-electron chi connectivity index (χ0n) is 20.2. The van der Waals surface area contributed by atoms with Crippen molar-refractivity contribution >= 4 is 34.6 Å². The Morgan fingerprint density at radius 2 is 1.57 bits per heavy atom. The summed E-state index contributed by atoms with van der Waals surface area (Å²) in [6.45, 7) is 8.99. The Morgan fingerprint density at radius 3 is 2.20 bits per heavy atom. The Bertz CT molecular complexity index is 1110. The van der Waals surface area contributed by atoms with E-state index in [1.54, 1.807) is 24.3 Å². The molecule has 0 radical (unpaired) electrons. The second-order valence-corrected chi connectivity index (χ2v) is 9.30. The maximum atomic E-state index is 12.5. The molecule has 1 fully saturated rings. The summed E-state index contributed by atoms with van der Waals surface area (Å²) in [7, 11) is 0. The van der Waals surface area contributed by atoms with Gasteiger partial charge in [0.05, 0.1) is 6.10 Å². The molecule has 0 bridgehead atoms. The number of nitrogens with zero attached hydrogens (tertiary/aromatic N) is 2. The topological polar surface area (TPSA) is 56.8 Å². The van der Waals surface area contributed by atoms with E-state index in [1.165, 1.54) is 11.3 Å². The second-order valence-electron chi connectivity index (χ2n) is 8.89. The molecule has 1 heterocycles. The molecule has 1 aliphatic rings. The first-order valence-electron chi connectivity index (χ1n) is 12.0. The predicted molar refractivity (Wildman–Crippen MR) is 146 cm³/mol. The molecule has 0 unspecified atom stereocenters. The van der Waals surface area contributed by atoms with Crippen LogP contribution in [0.4, 0.5) is 11.4 Å². The van der Waals surface area contributed by atoms with Crippen LogP contribution < -0.4 is 20.3 Å². The van der Waals surface area contributed by atoms with Crippen molar-refractivity contribution in [3.8, 4) is 5.75 Å². The summed E-state index contributed by atoms with van der Waals surface area (Å²) in [5.41, 5.74) is 3.90. The second kappa shape index (κ2) is 11.8. The van der Waals surface area contributed by atoms with Crippen molar-refractivity contribution in [3.63, 3.8) is 0 Å². The molecule has 182 valence electrons. The summed E-state index contributed by atoms with van der Waals surface area (Å²) in [6, 6.07) is 25.8. The average molecular weight is 489 g/mol. The standard InChI is InChI=1S/C28H32N4O2S/c1-21(2)34-26-14-8-23(9-15-26)27(33)30-28(35)29-24-10-12-25(13-11-24)32-18-16-31(17-19-32)20-22-6-4-3-5-7-22/h3-15,21H,16-20H2,1-2H3,(H2,29,30,33,35). The summed E-state index contributed by atoms with van der Waals surface area (Å²) in [4.78, 5) is 17.4. The molecule has 0 aromatic heterocycles. The Kier molecular flexibility index (Phi) is 8.34. The van der Waals surface area contributed by atoms with Gasteiger partial charge < -0.3 is 15.0 Å². The highest BCUT2D eigenvalue weighted by molar-refractivity contribution is 7.80. The molecule has 6 nitrogen and oxygen atoms in total. The first kappa shape index (κ1) is 24.7. The Labute approximate surface area is 212 Å². The van der Waals surface area contributed by atoms with Crippen LogP contribution in [0, 0.1) is 0 Å². The zero-order chi connectivity index (χ0) is 24.6. The van der Waals surface area contributed by atoms with Crippen LogP contribution in [-0.4, -0.2) is 48.2 Å². The first-order chi connectivity index (χ1) is 17.0. The number of carbonyl (C=O) groups is 1. The number of carbonyl (C=O) groups excluding carboxylic acids is 1. The molecule has 1 saturated heterocycles. The van der Waals surface area contributed by atoms with Crippen molar-refractivity contribution in [3.05, 3.63) is 90.0 Å². The normalized spacial score (nSPS) is 14.0. The van der Waals surface area contributed by atoms with Crippen LogP contribution in [-0.2, 0) is 6.54 Å². The van der Waals surface area contributed by atoms with Crippen LogP contribution in [0.15, 0.2) is 78.9 Å². The van der Waals surface area contributed by atoms with Gasteiger partial charge in [0.15, 0.2) is 5.11 Å². The number of amides is 1. The Morgan fingerprint density at radius 1 is 0.914 bits per heavy atom. The molecule has 1 amide bonds. The summed E-state index contributed by atoms with van der Waals surface area (Å²) in [5.74, 6) is 0.471. The van der Waals surface area contributed by atoms with Crippen LogP contribution in [0.1, 0.15) is 29.8 Å². The fourth-order valence-corrected chi connectivity index (χ4v) is 4.27. The van der Waals surface area contributed by atoms with Crippen LogP contribution in [0.25, 0.3) is 0 Å². The van der Waals surface area contributed by atoms with Crippen molar-refractivity contribution < 1.29 is 9.53 Å². The molecule has 0 saturated carbocycles. The number of ether oxygens (including phenoxy) is 1. The van der Waals surface area contributed by atoms with Gasteiger partial charge in [-0.05, 0) is 80.2 Å². The van der Waals surface area contributed by atoms with Crippen molar-refractivity contribution in [1.82, 2.24) is 10.2 Å². The first-order valence-corrected chi connectivity index (χ1v) is 12.4. The monoisotopic (exact) mass is 488 g/mol. The third kappa shape index (κ3) is 7.28. The molecule has 0 aliphatic carbocycles. The number of rotatable bonds is 7. The van der Waals surface area contributed by atoms with E-state index in [0.29, 0.717) is 5.56 Å². The van der Waals surface area contributed by atoms with Gasteiger partial charge in [-0.3, -0.25) is 15.0 Å². The molecule has 0 spiro atoms. The summed E-state index contributed by atoms with van der Waals surface area (Å²) < 4.78 is 5.62. The number of hydrogen-bond acceptors (Lipinski definition) is 5. The van der Waals surface area contributed by atoms with E-state index in [0.717, 1.165) is 44.2 Å². The molecular weight excluding hydrogens is 456 g/mol. The van der Waals surface area contributed by atoms with E-state index in [-0.39, 0.29) is 17.1 Å². The summed E-state index contributed by atoms with van der Waals surface area (Å²) >= 11 is 5.34. The fraction of sp³-hybridized carbons (Fsp3) is 0.286. The van der Waals surface area contributed by atoms with Crippen LogP contribution in [0.5, 0.6) is 5.75 Å². The number of piperazine rings is 1. The molecule has 1 aliphatic heterocycles. The van der Waals surface area contributed by atoms with E-state index < -0.39 is 0 Å². The number of nitrogens with one attached hydrogen (secondary N) is 2. The molecule has 3 aromatic carbocycles. The van der Waals surface area contributed by atoms with Gasteiger partial charge in [-0.2, -0.15) is 0 Å². The predicted octanol–water partition coefficient (Wildman–Crippen LogP) is 4.92.